The van der Waals surface area contributed by atoms with Gasteiger partial charge in [0.15, 0.2) is 6.10 Å². The number of amides is 2. The largest absolute Gasteiger partial charge is 0.479 e. The van der Waals surface area contributed by atoms with E-state index in [0.29, 0.717) is 12.8 Å². The summed E-state index contributed by atoms with van der Waals surface area (Å²) in [5.74, 6) is -1.65. The van der Waals surface area contributed by atoms with E-state index in [9.17, 15) is 14.4 Å². The fourth-order valence-electron chi connectivity index (χ4n) is 5.04. The van der Waals surface area contributed by atoms with Crippen molar-refractivity contribution in [3.63, 3.8) is 0 Å². The number of aliphatic carboxylic acids is 1. The molecule has 180 valence electrons. The first kappa shape index (κ1) is 23.8. The summed E-state index contributed by atoms with van der Waals surface area (Å²) in [5.41, 5.74) is 4.62. The van der Waals surface area contributed by atoms with Gasteiger partial charge in [0.25, 0.3) is 0 Å². The topological polar surface area (TPSA) is 114 Å². The molecule has 0 aromatic heterocycles. The fraction of sp³-hybridized carbons (Fsp3) is 0.423. The molecule has 3 unspecified atom stereocenters. The lowest BCUT2D eigenvalue weighted by molar-refractivity contribution is -0.149. The van der Waals surface area contributed by atoms with Gasteiger partial charge in [-0.05, 0) is 35.1 Å². The minimum Gasteiger partial charge on any atom is -0.479 e. The summed E-state index contributed by atoms with van der Waals surface area (Å²) in [6.45, 7) is 0.412. The molecule has 3 N–H and O–H groups in total. The van der Waals surface area contributed by atoms with E-state index in [2.05, 4.69) is 34.9 Å². The Kier molecular flexibility index (Phi) is 7.47. The highest BCUT2D eigenvalue weighted by molar-refractivity contribution is 5.81. The van der Waals surface area contributed by atoms with Crippen LogP contribution in [0.2, 0.25) is 0 Å². The van der Waals surface area contributed by atoms with Gasteiger partial charge in [-0.3, -0.25) is 4.79 Å². The van der Waals surface area contributed by atoms with E-state index in [-0.39, 0.29) is 43.4 Å². The molecule has 2 aromatic carbocycles. The molecule has 1 saturated carbocycles. The lowest BCUT2D eigenvalue weighted by atomic mass is 9.98. The fourth-order valence-corrected chi connectivity index (χ4v) is 5.04. The molecule has 2 amide bonds. The maximum Gasteiger partial charge on any atom is 0.407 e. The molecular weight excluding hydrogens is 436 g/mol. The number of hydrogen-bond acceptors (Lipinski definition) is 5. The maximum absolute atomic E-state index is 12.6. The summed E-state index contributed by atoms with van der Waals surface area (Å²) in [5, 5.41) is 14.7. The Morgan fingerprint density at radius 1 is 1.03 bits per heavy atom. The molecule has 0 spiro atoms. The average Bonchev–Trinajstić information content (AvgIpc) is 3.42. The monoisotopic (exact) mass is 466 g/mol. The van der Waals surface area contributed by atoms with Crippen molar-refractivity contribution in [2.75, 3.05) is 20.3 Å². The lowest BCUT2D eigenvalue weighted by Crippen LogP contribution is -2.45. The number of benzene rings is 2. The van der Waals surface area contributed by atoms with E-state index in [0.717, 1.165) is 17.5 Å². The van der Waals surface area contributed by atoms with Crippen LogP contribution in [0.15, 0.2) is 48.5 Å². The number of nitrogens with one attached hydrogen (secondary N) is 2. The molecule has 8 heteroatoms. The molecule has 8 nitrogen and oxygen atoms in total. The zero-order chi connectivity index (χ0) is 24.1. The third-order valence-corrected chi connectivity index (χ3v) is 6.77. The van der Waals surface area contributed by atoms with Gasteiger partial charge in [0.1, 0.15) is 6.61 Å². The number of methoxy groups -OCH3 is 1. The molecule has 0 bridgehead atoms. The van der Waals surface area contributed by atoms with Gasteiger partial charge in [-0.2, -0.15) is 0 Å². The summed E-state index contributed by atoms with van der Waals surface area (Å²) in [4.78, 5) is 36.3. The molecule has 0 saturated heterocycles. The number of fused-ring (bicyclic) bond motifs is 3. The minimum atomic E-state index is -1.06. The van der Waals surface area contributed by atoms with Gasteiger partial charge in [0, 0.05) is 32.0 Å². The SMILES string of the molecule is COC(CCNC(=O)C1CCCC1NC(=O)OCC1c2ccccc2-c2ccccc21)C(=O)O. The number of carbonyl (C=O) groups excluding carboxylic acids is 2. The van der Waals surface area contributed by atoms with E-state index in [1.807, 2.05) is 24.3 Å². The highest BCUT2D eigenvalue weighted by atomic mass is 16.5. The van der Waals surface area contributed by atoms with Crippen LogP contribution in [0.25, 0.3) is 11.1 Å². The Balaban J connectivity index is 1.30. The summed E-state index contributed by atoms with van der Waals surface area (Å²) in [6.07, 6.45) is 0.859. The first-order valence-corrected chi connectivity index (χ1v) is 11.6. The standard InChI is InChI=1S/C26H30N2O6/c1-33-23(25(30)31)13-14-27-24(29)20-11-6-12-22(20)28-26(32)34-15-21-18-9-4-2-7-16(18)17-8-3-5-10-19(17)21/h2-5,7-10,20-23H,6,11-15H2,1H3,(H,27,29)(H,28,32)(H,30,31). The van der Waals surface area contributed by atoms with Crippen LogP contribution >= 0.6 is 0 Å². The Labute approximate surface area is 198 Å². The van der Waals surface area contributed by atoms with Crippen LogP contribution in [0.3, 0.4) is 0 Å². The van der Waals surface area contributed by atoms with Crippen LogP contribution in [-0.2, 0) is 19.1 Å². The molecule has 2 aromatic rings. The first-order chi connectivity index (χ1) is 16.5. The Morgan fingerprint density at radius 3 is 2.29 bits per heavy atom. The van der Waals surface area contributed by atoms with Crippen molar-refractivity contribution in [2.24, 2.45) is 5.92 Å². The lowest BCUT2D eigenvalue weighted by Gasteiger charge is -2.21. The smallest absolute Gasteiger partial charge is 0.407 e. The minimum absolute atomic E-state index is 0.0243. The van der Waals surface area contributed by atoms with Crippen molar-refractivity contribution in [2.45, 2.75) is 43.7 Å². The molecule has 0 heterocycles. The molecule has 4 rings (SSSR count). The van der Waals surface area contributed by atoms with Crippen molar-refractivity contribution in [3.8, 4) is 11.1 Å². The molecule has 2 aliphatic carbocycles. The predicted octanol–water partition coefficient (Wildman–Crippen LogP) is 3.30. The third-order valence-electron chi connectivity index (χ3n) is 6.77. The quantitative estimate of drug-likeness (QED) is 0.523. The van der Waals surface area contributed by atoms with Gasteiger partial charge in [-0.15, -0.1) is 0 Å². The van der Waals surface area contributed by atoms with Crippen LogP contribution in [0.1, 0.15) is 42.7 Å². The Morgan fingerprint density at radius 2 is 1.68 bits per heavy atom. The number of rotatable bonds is 9. The second kappa shape index (κ2) is 10.7. The molecule has 0 radical (unpaired) electrons. The van der Waals surface area contributed by atoms with Crippen molar-refractivity contribution >= 4 is 18.0 Å². The van der Waals surface area contributed by atoms with Gasteiger partial charge in [0.05, 0.1) is 5.92 Å². The van der Waals surface area contributed by atoms with Crippen LogP contribution in [0.5, 0.6) is 0 Å². The molecule has 34 heavy (non-hydrogen) atoms. The second-order valence-corrected chi connectivity index (χ2v) is 8.76. The van der Waals surface area contributed by atoms with Crippen molar-refractivity contribution in [1.82, 2.24) is 10.6 Å². The molecule has 1 fully saturated rings. The number of alkyl carbamates (subject to hydrolysis) is 1. The number of carboxylic acids is 1. The van der Waals surface area contributed by atoms with Gasteiger partial charge in [-0.25, -0.2) is 9.59 Å². The normalized spacial score (nSPS) is 19.7. The first-order valence-electron chi connectivity index (χ1n) is 11.6. The predicted molar refractivity (Wildman–Crippen MR) is 125 cm³/mol. The van der Waals surface area contributed by atoms with Crippen molar-refractivity contribution < 1.29 is 29.0 Å². The van der Waals surface area contributed by atoms with E-state index in [4.69, 9.17) is 14.6 Å². The number of ether oxygens (including phenoxy) is 2. The van der Waals surface area contributed by atoms with E-state index in [1.165, 1.54) is 18.2 Å². The van der Waals surface area contributed by atoms with Crippen molar-refractivity contribution in [3.05, 3.63) is 59.7 Å². The van der Waals surface area contributed by atoms with Crippen LogP contribution in [-0.4, -0.2) is 55.5 Å². The van der Waals surface area contributed by atoms with Crippen LogP contribution in [0.4, 0.5) is 4.79 Å². The second-order valence-electron chi connectivity index (χ2n) is 8.76. The van der Waals surface area contributed by atoms with E-state index >= 15 is 0 Å². The molecule has 3 atom stereocenters. The molecule has 2 aliphatic rings. The van der Waals surface area contributed by atoms with E-state index < -0.39 is 18.2 Å². The van der Waals surface area contributed by atoms with Gasteiger partial charge in [0.2, 0.25) is 5.91 Å². The summed E-state index contributed by atoms with van der Waals surface area (Å²) >= 11 is 0. The average molecular weight is 467 g/mol. The summed E-state index contributed by atoms with van der Waals surface area (Å²) in [6, 6.07) is 16.0. The zero-order valence-corrected chi connectivity index (χ0v) is 19.2. The third kappa shape index (κ3) is 5.07. The van der Waals surface area contributed by atoms with Gasteiger partial charge >= 0.3 is 12.1 Å². The number of hydrogen-bond donors (Lipinski definition) is 3. The van der Waals surface area contributed by atoms with Crippen LogP contribution < -0.4 is 10.6 Å². The van der Waals surface area contributed by atoms with E-state index in [1.54, 1.807) is 0 Å². The Hall–Kier alpha value is -3.39. The number of carboxylic acid groups (broad SMARTS) is 1. The van der Waals surface area contributed by atoms with Crippen molar-refractivity contribution in [1.29, 1.82) is 0 Å². The molecule has 0 aliphatic heterocycles. The molecular formula is C26H30N2O6. The van der Waals surface area contributed by atoms with Gasteiger partial charge < -0.3 is 25.2 Å². The van der Waals surface area contributed by atoms with Crippen LogP contribution in [0, 0.1) is 5.92 Å². The highest BCUT2D eigenvalue weighted by Gasteiger charge is 2.35. The Bertz CT molecular complexity index is 1010. The highest BCUT2D eigenvalue weighted by Crippen LogP contribution is 2.44. The zero-order valence-electron chi connectivity index (χ0n) is 19.2. The summed E-state index contributed by atoms with van der Waals surface area (Å²) in [7, 11) is 1.33. The van der Waals surface area contributed by atoms with Gasteiger partial charge in [-0.1, -0.05) is 55.0 Å². The summed E-state index contributed by atoms with van der Waals surface area (Å²) < 4.78 is 10.5. The number of carbonyl (C=O) groups is 3. The maximum atomic E-state index is 12.6.